The number of nitrogens with two attached hydrogens (primary N) is 1. The van der Waals surface area contributed by atoms with E-state index >= 15 is 4.39 Å². The first-order valence-corrected chi connectivity index (χ1v) is 10.5. The third kappa shape index (κ3) is 4.37. The molecule has 1 amide bonds. The SMILES string of the molecule is Cl.Nc1nccc2c1c(-c1ccc(C(=O)Nc3ccccn3)cc1F)nn2C1CCCNC1. The van der Waals surface area contributed by atoms with Gasteiger partial charge in [-0.2, -0.15) is 5.10 Å². The molecule has 4 aromatic rings. The molecule has 4 N–H and O–H groups in total. The molecule has 0 bridgehead atoms. The maximum atomic E-state index is 15.2. The molecule has 8 nitrogen and oxygen atoms in total. The molecule has 5 rings (SSSR count). The molecule has 1 aromatic carbocycles. The summed E-state index contributed by atoms with van der Waals surface area (Å²) in [7, 11) is 0. The zero-order chi connectivity index (χ0) is 22.1. The Kier molecular flexibility index (Phi) is 6.52. The third-order valence-corrected chi connectivity index (χ3v) is 5.66. The van der Waals surface area contributed by atoms with E-state index < -0.39 is 11.7 Å². The van der Waals surface area contributed by atoms with Gasteiger partial charge in [-0.05, 0) is 55.8 Å². The highest BCUT2D eigenvalue weighted by Crippen LogP contribution is 2.35. The van der Waals surface area contributed by atoms with Gasteiger partial charge in [-0.15, -0.1) is 12.4 Å². The Labute approximate surface area is 195 Å². The number of nitrogens with one attached hydrogen (secondary N) is 2. The average molecular weight is 468 g/mol. The number of rotatable bonds is 4. The normalized spacial score (nSPS) is 15.7. The molecule has 0 spiro atoms. The van der Waals surface area contributed by atoms with Crippen LogP contribution < -0.4 is 16.4 Å². The van der Waals surface area contributed by atoms with Gasteiger partial charge >= 0.3 is 0 Å². The molecule has 1 aliphatic rings. The number of aromatic nitrogens is 4. The number of hydrogen-bond donors (Lipinski definition) is 3. The lowest BCUT2D eigenvalue weighted by molar-refractivity contribution is 0.102. The van der Waals surface area contributed by atoms with E-state index in [2.05, 4.69) is 20.6 Å². The van der Waals surface area contributed by atoms with E-state index in [4.69, 9.17) is 10.8 Å². The zero-order valence-corrected chi connectivity index (χ0v) is 18.5. The number of carbonyl (C=O) groups is 1. The van der Waals surface area contributed by atoms with Crippen LogP contribution >= 0.6 is 12.4 Å². The standard InChI is InChI=1S/C23H22FN7O.ClH/c24-17-12-14(23(32)29-19-5-1-2-10-27-19)6-7-16(17)21-20-18(8-11-28-22(20)25)31(30-21)15-4-3-9-26-13-15;/h1-2,5-8,10-12,15,26H,3-4,9,13H2,(H2,25,28)(H,27,29,32);1H. The minimum absolute atomic E-state index is 0. The summed E-state index contributed by atoms with van der Waals surface area (Å²) in [6.45, 7) is 1.76. The van der Waals surface area contributed by atoms with Gasteiger partial charge in [0.05, 0.1) is 16.9 Å². The molecule has 1 fully saturated rings. The van der Waals surface area contributed by atoms with Crippen molar-refractivity contribution in [2.75, 3.05) is 24.1 Å². The molecule has 0 saturated carbocycles. The summed E-state index contributed by atoms with van der Waals surface area (Å²) in [5, 5.41) is 11.4. The Morgan fingerprint density at radius 3 is 2.79 bits per heavy atom. The largest absolute Gasteiger partial charge is 0.383 e. The lowest BCUT2D eigenvalue weighted by Crippen LogP contribution is -2.32. The monoisotopic (exact) mass is 467 g/mol. The molecule has 1 saturated heterocycles. The lowest BCUT2D eigenvalue weighted by Gasteiger charge is -2.23. The van der Waals surface area contributed by atoms with E-state index in [1.54, 1.807) is 42.7 Å². The zero-order valence-electron chi connectivity index (χ0n) is 17.7. The smallest absolute Gasteiger partial charge is 0.256 e. The van der Waals surface area contributed by atoms with Crippen LogP contribution in [-0.4, -0.2) is 38.7 Å². The van der Waals surface area contributed by atoms with Crippen molar-refractivity contribution < 1.29 is 9.18 Å². The van der Waals surface area contributed by atoms with Crippen LogP contribution in [0.3, 0.4) is 0 Å². The van der Waals surface area contributed by atoms with E-state index in [0.29, 0.717) is 22.7 Å². The summed E-state index contributed by atoms with van der Waals surface area (Å²) < 4.78 is 17.1. The van der Waals surface area contributed by atoms with Crippen LogP contribution in [0.4, 0.5) is 16.0 Å². The van der Waals surface area contributed by atoms with Gasteiger partial charge in [0.25, 0.3) is 5.91 Å². The molecule has 4 heterocycles. The van der Waals surface area contributed by atoms with Crippen LogP contribution in [0.1, 0.15) is 29.2 Å². The molecule has 0 radical (unpaired) electrons. The Morgan fingerprint density at radius 1 is 1.18 bits per heavy atom. The molecule has 0 aliphatic carbocycles. The number of hydrogen-bond acceptors (Lipinski definition) is 6. The fourth-order valence-corrected chi connectivity index (χ4v) is 4.10. The second-order valence-electron chi connectivity index (χ2n) is 7.75. The third-order valence-electron chi connectivity index (χ3n) is 5.66. The average Bonchev–Trinajstić information content (AvgIpc) is 3.21. The van der Waals surface area contributed by atoms with Crippen LogP contribution in [0.5, 0.6) is 0 Å². The summed E-state index contributed by atoms with van der Waals surface area (Å²) >= 11 is 0. The molecule has 1 unspecified atom stereocenters. The van der Waals surface area contributed by atoms with Gasteiger partial charge in [-0.25, -0.2) is 14.4 Å². The quantitative estimate of drug-likeness (QED) is 0.421. The van der Waals surface area contributed by atoms with Crippen LogP contribution in [0.25, 0.3) is 22.2 Å². The summed E-state index contributed by atoms with van der Waals surface area (Å²) in [6.07, 6.45) is 5.22. The Bertz CT molecular complexity index is 1290. The van der Waals surface area contributed by atoms with Crippen LogP contribution in [0.15, 0.2) is 54.9 Å². The number of nitrogens with zero attached hydrogens (tertiary/aromatic N) is 4. The van der Waals surface area contributed by atoms with Gasteiger partial charge in [-0.3, -0.25) is 9.48 Å². The Hall–Kier alpha value is -3.56. The van der Waals surface area contributed by atoms with Gasteiger partial charge in [0.2, 0.25) is 0 Å². The number of benzene rings is 1. The second-order valence-corrected chi connectivity index (χ2v) is 7.75. The number of pyridine rings is 2. The summed E-state index contributed by atoms with van der Waals surface area (Å²) in [6, 6.07) is 11.5. The minimum atomic E-state index is -0.560. The molecule has 170 valence electrons. The maximum Gasteiger partial charge on any atom is 0.256 e. The molecular formula is C23H23ClFN7O. The first-order valence-electron chi connectivity index (χ1n) is 10.5. The second kappa shape index (κ2) is 9.51. The van der Waals surface area contributed by atoms with Crippen molar-refractivity contribution in [2.45, 2.75) is 18.9 Å². The number of nitrogen functional groups attached to an aromatic ring is 1. The molecule has 3 aromatic heterocycles. The van der Waals surface area contributed by atoms with Crippen LogP contribution in [0.2, 0.25) is 0 Å². The van der Waals surface area contributed by atoms with Crippen molar-refractivity contribution in [3.8, 4) is 11.3 Å². The number of carbonyl (C=O) groups excluding carboxylic acids is 1. The molecule has 1 atom stereocenters. The van der Waals surface area contributed by atoms with Crippen molar-refractivity contribution in [1.29, 1.82) is 0 Å². The van der Waals surface area contributed by atoms with Crippen molar-refractivity contribution >= 4 is 40.9 Å². The van der Waals surface area contributed by atoms with Crippen molar-refractivity contribution in [3.05, 3.63) is 66.2 Å². The highest BCUT2D eigenvalue weighted by atomic mass is 35.5. The molecular weight excluding hydrogens is 445 g/mol. The highest BCUT2D eigenvalue weighted by molar-refractivity contribution is 6.05. The Balaban J connectivity index is 0.00000259. The summed E-state index contributed by atoms with van der Waals surface area (Å²) in [5.41, 5.74) is 7.87. The fourth-order valence-electron chi connectivity index (χ4n) is 4.10. The van der Waals surface area contributed by atoms with Gasteiger partial charge in [0, 0.05) is 30.1 Å². The van der Waals surface area contributed by atoms with Crippen molar-refractivity contribution in [1.82, 2.24) is 25.1 Å². The number of fused-ring (bicyclic) bond motifs is 1. The minimum Gasteiger partial charge on any atom is -0.383 e. The maximum absolute atomic E-state index is 15.2. The predicted molar refractivity (Wildman–Crippen MR) is 128 cm³/mol. The Morgan fingerprint density at radius 2 is 2.06 bits per heavy atom. The number of halogens is 2. The van der Waals surface area contributed by atoms with Gasteiger partial charge in [0.1, 0.15) is 23.1 Å². The first-order chi connectivity index (χ1) is 15.6. The predicted octanol–water partition coefficient (Wildman–Crippen LogP) is 3.81. The lowest BCUT2D eigenvalue weighted by atomic mass is 10.0. The van der Waals surface area contributed by atoms with Gasteiger partial charge in [-0.1, -0.05) is 6.07 Å². The van der Waals surface area contributed by atoms with E-state index in [9.17, 15) is 4.79 Å². The van der Waals surface area contributed by atoms with E-state index in [0.717, 1.165) is 31.4 Å². The molecule has 10 heteroatoms. The van der Waals surface area contributed by atoms with Gasteiger partial charge in [0.15, 0.2) is 0 Å². The van der Waals surface area contributed by atoms with Crippen LogP contribution in [-0.2, 0) is 0 Å². The topological polar surface area (TPSA) is 111 Å². The van der Waals surface area contributed by atoms with Crippen LogP contribution in [0, 0.1) is 5.82 Å². The van der Waals surface area contributed by atoms with E-state index in [1.165, 1.54) is 6.07 Å². The number of anilines is 2. The number of piperidine rings is 1. The first kappa shape index (κ1) is 22.6. The van der Waals surface area contributed by atoms with E-state index in [1.807, 2.05) is 10.7 Å². The summed E-state index contributed by atoms with van der Waals surface area (Å²) in [4.78, 5) is 20.8. The number of amides is 1. The molecule has 33 heavy (non-hydrogen) atoms. The van der Waals surface area contributed by atoms with Crippen molar-refractivity contribution in [2.24, 2.45) is 0 Å². The molecule has 1 aliphatic heterocycles. The van der Waals surface area contributed by atoms with E-state index in [-0.39, 0.29) is 29.6 Å². The van der Waals surface area contributed by atoms with Crippen molar-refractivity contribution in [3.63, 3.8) is 0 Å². The fraction of sp³-hybridized carbons (Fsp3) is 0.217. The highest BCUT2D eigenvalue weighted by Gasteiger charge is 2.24. The van der Waals surface area contributed by atoms with Gasteiger partial charge < -0.3 is 16.4 Å². The summed E-state index contributed by atoms with van der Waals surface area (Å²) in [5.74, 6) is -0.315.